The molecule has 2 N–H and O–H groups in total. The van der Waals surface area contributed by atoms with Gasteiger partial charge in [-0.2, -0.15) is 0 Å². The summed E-state index contributed by atoms with van der Waals surface area (Å²) in [5, 5.41) is 5.21. The van der Waals surface area contributed by atoms with Crippen LogP contribution in [-0.2, 0) is 43.9 Å². The number of aromatic nitrogens is 8. The van der Waals surface area contributed by atoms with Gasteiger partial charge in [0, 0.05) is 109 Å². The molecule has 93 heavy (non-hydrogen) atoms. The highest BCUT2D eigenvalue weighted by molar-refractivity contribution is 6.32. The minimum atomic E-state index is -1.55. The maximum Gasteiger partial charge on any atom is 0.346 e. The molecule has 6 aromatic heterocycles. The number of hydrogen-bond donors (Lipinski definition) is 2. The molecule has 476 valence electrons. The number of fused-ring (bicyclic) bond motifs is 2. The standard InChI is InChI=1S/C66H50Cl2F8N10O7/c1-77-61(87)49-23-41(67)35(25-79-49)27-91-55-7-3-5-45(83-55)39-19-43(71)37(57(73)59(39)75)21-53-81-47-11-9-33(17-51(47)85(53)31-65(29-69)13-14-65)63(89)93-64(90)34-10-12-48-52(18-34)86(32-66(30-70)15-16-66)54(82-48)22-38-44(72)20-40(60(76)58(38)74)46-6-4-8-56(84-46)92-28-36-26-80-50(24-42(36)68)62(88)78-2/h3-12,17-20,23-26H,13-16,21-22,27-32H2,1-2H3,(H,77,87)(H,78,88). The van der Waals surface area contributed by atoms with Crippen molar-refractivity contribution in [3.63, 3.8) is 0 Å². The highest BCUT2D eigenvalue weighted by atomic mass is 35.5. The molecular formula is C66H50Cl2F8N10O7. The van der Waals surface area contributed by atoms with Crippen LogP contribution < -0.4 is 20.1 Å². The van der Waals surface area contributed by atoms with Crippen LogP contribution in [0, 0.1) is 45.7 Å². The van der Waals surface area contributed by atoms with E-state index in [-0.39, 0.29) is 116 Å². The Morgan fingerprint density at radius 3 is 1.31 bits per heavy atom. The van der Waals surface area contributed by atoms with Gasteiger partial charge in [-0.25, -0.2) is 55.9 Å². The van der Waals surface area contributed by atoms with Crippen molar-refractivity contribution in [2.24, 2.45) is 10.8 Å². The number of alkyl halides is 2. The van der Waals surface area contributed by atoms with Crippen molar-refractivity contribution in [1.29, 1.82) is 0 Å². The third kappa shape index (κ3) is 12.9. The molecule has 0 atom stereocenters. The van der Waals surface area contributed by atoms with Crippen LogP contribution in [0.25, 0.3) is 44.6 Å². The Morgan fingerprint density at radius 2 is 0.946 bits per heavy atom. The van der Waals surface area contributed by atoms with E-state index in [1.807, 2.05) is 0 Å². The smallest absolute Gasteiger partial charge is 0.346 e. The van der Waals surface area contributed by atoms with Crippen LogP contribution in [0.1, 0.15) is 101 Å². The number of halogens is 10. The van der Waals surface area contributed by atoms with Gasteiger partial charge in [-0.3, -0.25) is 28.3 Å². The Balaban J connectivity index is 0.771. The number of pyridine rings is 4. The summed E-state index contributed by atoms with van der Waals surface area (Å²) in [7, 11) is 2.87. The van der Waals surface area contributed by atoms with Crippen molar-refractivity contribution >= 4 is 69.0 Å². The fourth-order valence-corrected chi connectivity index (χ4v) is 11.0. The Kier molecular flexibility index (Phi) is 17.5. The Bertz CT molecular complexity index is 4410. The Hall–Kier alpha value is -9.88. The Morgan fingerprint density at radius 1 is 0.538 bits per heavy atom. The molecule has 0 radical (unpaired) electrons. The quantitative estimate of drug-likeness (QED) is 0.0281. The van der Waals surface area contributed by atoms with E-state index in [4.69, 9.17) is 37.4 Å². The number of hydrogen-bond acceptors (Lipinski definition) is 13. The minimum absolute atomic E-state index is 0.00460. The second-order valence-electron chi connectivity index (χ2n) is 22.7. The molecule has 12 rings (SSSR count). The lowest BCUT2D eigenvalue weighted by molar-refractivity contribution is 0.0397. The van der Waals surface area contributed by atoms with Gasteiger partial charge >= 0.3 is 11.9 Å². The number of esters is 2. The SMILES string of the molecule is CNC(=O)c1cc(Cl)c(COc2cccc(-c3cc(F)c(Cc4nc5ccc(C(=O)OC(=O)c6ccc7nc(Cc8c(F)cc(-c9cccc(OCc%10cnc(C(=O)NC)cc%10Cl)n9)c(F)c8F)n(CC8(CF)CC8)c7c6)cc5n4CC4(CF)CC4)c(F)c3F)n2)cn1. The first-order valence-electron chi connectivity index (χ1n) is 28.8. The van der Waals surface area contributed by atoms with E-state index in [0.29, 0.717) is 36.8 Å². The molecule has 17 nitrogen and oxygen atoms in total. The van der Waals surface area contributed by atoms with Gasteiger partial charge in [0.2, 0.25) is 11.8 Å². The summed E-state index contributed by atoms with van der Waals surface area (Å²) in [5.74, 6) is -11.6. The number of nitrogens with one attached hydrogen (secondary N) is 2. The van der Waals surface area contributed by atoms with Gasteiger partial charge in [-0.1, -0.05) is 35.3 Å². The molecular weight excluding hydrogens is 1270 g/mol. The van der Waals surface area contributed by atoms with Crippen LogP contribution in [0.3, 0.4) is 0 Å². The van der Waals surface area contributed by atoms with E-state index >= 15 is 26.3 Å². The highest BCUT2D eigenvalue weighted by Gasteiger charge is 2.45. The maximum absolute atomic E-state index is 16.3. The van der Waals surface area contributed by atoms with Gasteiger partial charge in [-0.05, 0) is 98.5 Å². The number of nitrogens with zero attached hydrogens (tertiary/aromatic N) is 8. The van der Waals surface area contributed by atoms with Crippen molar-refractivity contribution in [3.8, 4) is 34.3 Å². The van der Waals surface area contributed by atoms with Crippen molar-refractivity contribution in [2.75, 3.05) is 27.4 Å². The van der Waals surface area contributed by atoms with Crippen LogP contribution in [0.15, 0.2) is 109 Å². The molecule has 2 fully saturated rings. The highest BCUT2D eigenvalue weighted by Crippen LogP contribution is 2.49. The number of imidazole rings is 2. The molecule has 2 aliphatic rings. The molecule has 10 aromatic rings. The molecule has 0 bridgehead atoms. The molecule has 2 saturated carbocycles. The molecule has 0 spiro atoms. The molecule has 0 aliphatic heterocycles. The monoisotopic (exact) mass is 1320 g/mol. The average Bonchev–Trinajstić information content (AvgIpc) is 1.65. The number of rotatable bonds is 22. The predicted octanol–water partition coefficient (Wildman–Crippen LogP) is 13.0. The van der Waals surface area contributed by atoms with E-state index in [0.717, 1.165) is 12.1 Å². The first kappa shape index (κ1) is 63.3. The summed E-state index contributed by atoms with van der Waals surface area (Å²) in [4.78, 5) is 77.5. The van der Waals surface area contributed by atoms with Gasteiger partial charge in [0.1, 0.15) is 47.9 Å². The first-order valence-corrected chi connectivity index (χ1v) is 29.6. The number of carbonyl (C=O) groups is 4. The summed E-state index contributed by atoms with van der Waals surface area (Å²) < 4.78 is 146. The van der Waals surface area contributed by atoms with Gasteiger partial charge in [-0.15, -0.1) is 0 Å². The van der Waals surface area contributed by atoms with Gasteiger partial charge in [0.25, 0.3) is 11.8 Å². The van der Waals surface area contributed by atoms with Crippen LogP contribution in [-0.4, -0.2) is 90.2 Å². The van der Waals surface area contributed by atoms with Gasteiger partial charge in [0.15, 0.2) is 23.3 Å². The predicted molar refractivity (Wildman–Crippen MR) is 323 cm³/mol. The van der Waals surface area contributed by atoms with E-state index in [1.54, 1.807) is 0 Å². The molecule has 27 heteroatoms. The minimum Gasteiger partial charge on any atom is -0.473 e. The molecule has 0 saturated heterocycles. The fourth-order valence-electron chi connectivity index (χ4n) is 10.6. The zero-order valence-electron chi connectivity index (χ0n) is 49.1. The summed E-state index contributed by atoms with van der Waals surface area (Å²) in [5.41, 5.74) is -3.26. The molecule has 2 amide bonds. The van der Waals surface area contributed by atoms with Crippen molar-refractivity contribution < 1.29 is 68.5 Å². The summed E-state index contributed by atoms with van der Waals surface area (Å²) in [6.07, 6.45) is 3.22. The molecule has 4 aromatic carbocycles. The van der Waals surface area contributed by atoms with Gasteiger partial charge in [0.05, 0.1) is 68.0 Å². The molecule has 6 heterocycles. The van der Waals surface area contributed by atoms with Crippen LogP contribution >= 0.6 is 23.2 Å². The largest absolute Gasteiger partial charge is 0.473 e. The number of carbonyl (C=O) groups excluding carboxylic acids is 4. The number of ether oxygens (including phenoxy) is 3. The number of benzene rings is 4. The average molecular weight is 1320 g/mol. The normalized spacial score (nSPS) is 13.7. The zero-order chi connectivity index (χ0) is 65.6. The lowest BCUT2D eigenvalue weighted by atomic mass is 10.0. The summed E-state index contributed by atoms with van der Waals surface area (Å²) >= 11 is 12.7. The van der Waals surface area contributed by atoms with Crippen LogP contribution in [0.5, 0.6) is 11.8 Å². The van der Waals surface area contributed by atoms with Crippen LogP contribution in [0.4, 0.5) is 35.1 Å². The number of amides is 2. The zero-order valence-corrected chi connectivity index (χ0v) is 50.6. The molecule has 0 unspecified atom stereocenters. The first-order chi connectivity index (χ1) is 44.7. The van der Waals surface area contributed by atoms with Crippen molar-refractivity contribution in [2.45, 2.75) is 64.8 Å². The Labute approximate surface area is 533 Å². The third-order valence-corrected chi connectivity index (χ3v) is 17.2. The molecule has 2 aliphatic carbocycles. The van der Waals surface area contributed by atoms with Crippen molar-refractivity contribution in [3.05, 3.63) is 211 Å². The maximum atomic E-state index is 16.3. The van der Waals surface area contributed by atoms with Gasteiger partial charge < -0.3 is 34.0 Å². The van der Waals surface area contributed by atoms with E-state index < -0.39 is 118 Å². The lowest BCUT2D eigenvalue weighted by Crippen LogP contribution is -2.19. The summed E-state index contributed by atoms with van der Waals surface area (Å²) in [6.45, 7) is -1.99. The fraction of sp³-hybridized carbons (Fsp3) is 0.242. The second kappa shape index (κ2) is 25.7. The second-order valence-corrected chi connectivity index (χ2v) is 23.6. The van der Waals surface area contributed by atoms with Crippen molar-refractivity contribution in [1.82, 2.24) is 49.7 Å². The third-order valence-electron chi connectivity index (χ3n) is 16.5. The summed E-state index contributed by atoms with van der Waals surface area (Å²) in [6, 6.07) is 20.6. The van der Waals surface area contributed by atoms with Crippen LogP contribution in [0.2, 0.25) is 10.0 Å². The lowest BCUT2D eigenvalue weighted by Gasteiger charge is -2.17. The van der Waals surface area contributed by atoms with E-state index in [9.17, 15) is 28.0 Å². The van der Waals surface area contributed by atoms with E-state index in [2.05, 4.69) is 40.5 Å². The topological polar surface area (TPSA) is 207 Å². The van der Waals surface area contributed by atoms with E-state index in [1.165, 1.54) is 121 Å².